The largest absolute Gasteiger partial charge is 0.481 e. The van der Waals surface area contributed by atoms with E-state index >= 15 is 0 Å². The van der Waals surface area contributed by atoms with E-state index in [2.05, 4.69) is 10.6 Å². The minimum atomic E-state index is -1.44. The van der Waals surface area contributed by atoms with Crippen molar-refractivity contribution in [3.63, 3.8) is 0 Å². The predicted octanol–water partition coefficient (Wildman–Crippen LogP) is -2.76. The van der Waals surface area contributed by atoms with Crippen molar-refractivity contribution in [2.75, 3.05) is 6.54 Å². The second kappa shape index (κ2) is 8.87. The van der Waals surface area contributed by atoms with Crippen molar-refractivity contribution < 1.29 is 34.5 Å². The van der Waals surface area contributed by atoms with Crippen LogP contribution >= 0.6 is 0 Å². The number of nitrogens with one attached hydrogen (secondary N) is 2. The molecule has 0 radical (unpaired) electrons. The Morgan fingerprint density at radius 1 is 1.14 bits per heavy atom. The van der Waals surface area contributed by atoms with Crippen LogP contribution in [0.1, 0.15) is 19.8 Å². The number of rotatable bonds is 9. The number of aliphatic hydroxyl groups is 1. The summed E-state index contributed by atoms with van der Waals surface area (Å²) in [5.41, 5.74) is 5.07. The van der Waals surface area contributed by atoms with Crippen molar-refractivity contribution >= 4 is 23.8 Å². The van der Waals surface area contributed by atoms with Crippen LogP contribution in [0.5, 0.6) is 0 Å². The first-order valence-corrected chi connectivity index (χ1v) is 6.11. The highest BCUT2D eigenvalue weighted by atomic mass is 16.4. The fraction of sp³-hybridized carbons (Fsp3) is 0.636. The molecule has 0 saturated carbocycles. The summed E-state index contributed by atoms with van der Waals surface area (Å²) in [4.78, 5) is 44.4. The van der Waals surface area contributed by atoms with Crippen LogP contribution in [0, 0.1) is 0 Å². The van der Waals surface area contributed by atoms with Crippen molar-refractivity contribution in [2.24, 2.45) is 5.73 Å². The maximum absolute atomic E-state index is 11.9. The quantitative estimate of drug-likeness (QED) is 0.265. The summed E-state index contributed by atoms with van der Waals surface area (Å²) in [6.07, 6.45) is -2.06. The lowest BCUT2D eigenvalue weighted by atomic mass is 10.1. The predicted molar refractivity (Wildman–Crippen MR) is 69.1 cm³/mol. The first-order valence-electron chi connectivity index (χ1n) is 6.11. The molecule has 0 spiro atoms. The van der Waals surface area contributed by atoms with E-state index in [1.54, 1.807) is 0 Å². The third-order valence-corrected chi connectivity index (χ3v) is 2.53. The molecule has 0 aromatic rings. The van der Waals surface area contributed by atoms with E-state index in [1.807, 2.05) is 0 Å². The average molecular weight is 305 g/mol. The van der Waals surface area contributed by atoms with Gasteiger partial charge in [-0.15, -0.1) is 0 Å². The summed E-state index contributed by atoms with van der Waals surface area (Å²) in [5.74, 6) is -4.27. The molecule has 0 heterocycles. The van der Waals surface area contributed by atoms with Crippen molar-refractivity contribution in [3.05, 3.63) is 0 Å². The van der Waals surface area contributed by atoms with Gasteiger partial charge in [0, 0.05) is 6.42 Å². The minimum Gasteiger partial charge on any atom is -0.481 e. The number of aliphatic carboxylic acids is 2. The fourth-order valence-electron chi connectivity index (χ4n) is 1.42. The molecule has 21 heavy (non-hydrogen) atoms. The number of hydrogen-bond donors (Lipinski definition) is 6. The molecule has 0 aliphatic carbocycles. The summed E-state index contributed by atoms with van der Waals surface area (Å²) in [6, 6.07) is -2.82. The van der Waals surface area contributed by atoms with Crippen LogP contribution in [0.2, 0.25) is 0 Å². The van der Waals surface area contributed by atoms with Crippen LogP contribution in [-0.2, 0) is 19.2 Å². The van der Waals surface area contributed by atoms with E-state index in [0.717, 1.165) is 0 Å². The number of nitrogens with two attached hydrogens (primary N) is 1. The Labute approximate surface area is 120 Å². The number of carbonyl (C=O) groups excluding carboxylic acids is 2. The number of carbonyl (C=O) groups is 4. The van der Waals surface area contributed by atoms with Crippen LogP contribution in [-0.4, -0.2) is 63.8 Å². The minimum absolute atomic E-state index is 0.326. The summed E-state index contributed by atoms with van der Waals surface area (Å²) in [5, 5.41) is 31.1. The molecule has 7 N–H and O–H groups in total. The number of amides is 2. The molecule has 0 rings (SSSR count). The van der Waals surface area contributed by atoms with Gasteiger partial charge in [0.25, 0.3) is 0 Å². The van der Waals surface area contributed by atoms with Crippen LogP contribution in [0.25, 0.3) is 0 Å². The first kappa shape index (κ1) is 18.8. The number of hydrogen-bond acceptors (Lipinski definition) is 6. The topological polar surface area (TPSA) is 179 Å². The molecular formula is C11H19N3O7. The maximum Gasteiger partial charge on any atom is 0.326 e. The summed E-state index contributed by atoms with van der Waals surface area (Å²) in [7, 11) is 0. The van der Waals surface area contributed by atoms with Crippen LogP contribution in [0.3, 0.4) is 0 Å². The van der Waals surface area contributed by atoms with E-state index < -0.39 is 54.9 Å². The van der Waals surface area contributed by atoms with E-state index in [0.29, 0.717) is 0 Å². The Morgan fingerprint density at radius 2 is 1.71 bits per heavy atom. The summed E-state index contributed by atoms with van der Waals surface area (Å²) in [6.45, 7) is 0.825. The number of carboxylic acid groups (broad SMARTS) is 2. The Hall–Kier alpha value is -2.20. The Balaban J connectivity index is 4.79. The van der Waals surface area contributed by atoms with Gasteiger partial charge in [0.15, 0.2) is 0 Å². The van der Waals surface area contributed by atoms with E-state index in [1.165, 1.54) is 6.92 Å². The smallest absolute Gasteiger partial charge is 0.326 e. The highest BCUT2D eigenvalue weighted by molar-refractivity contribution is 5.91. The van der Waals surface area contributed by atoms with Gasteiger partial charge in [0.1, 0.15) is 12.1 Å². The number of carboxylic acids is 2. The summed E-state index contributed by atoms with van der Waals surface area (Å²) >= 11 is 0. The monoisotopic (exact) mass is 305 g/mol. The second-order valence-corrected chi connectivity index (χ2v) is 4.32. The molecule has 0 aliphatic heterocycles. The molecule has 2 amide bonds. The van der Waals surface area contributed by atoms with Gasteiger partial charge in [-0.05, 0) is 13.3 Å². The fourth-order valence-corrected chi connectivity index (χ4v) is 1.42. The third kappa shape index (κ3) is 7.22. The van der Waals surface area contributed by atoms with Crippen molar-refractivity contribution in [1.29, 1.82) is 0 Å². The van der Waals surface area contributed by atoms with Gasteiger partial charge >= 0.3 is 11.9 Å². The molecule has 0 aliphatic rings. The lowest BCUT2D eigenvalue weighted by molar-refractivity contribution is -0.144. The van der Waals surface area contributed by atoms with Gasteiger partial charge in [0.05, 0.1) is 12.6 Å². The Bertz CT molecular complexity index is 411. The highest BCUT2D eigenvalue weighted by Crippen LogP contribution is 2.01. The van der Waals surface area contributed by atoms with Gasteiger partial charge < -0.3 is 31.7 Å². The van der Waals surface area contributed by atoms with Crippen LogP contribution in [0.15, 0.2) is 0 Å². The Morgan fingerprint density at radius 3 is 2.10 bits per heavy atom. The molecule has 0 unspecified atom stereocenters. The molecule has 0 saturated heterocycles. The molecule has 3 atom stereocenters. The average Bonchev–Trinajstić information content (AvgIpc) is 2.38. The maximum atomic E-state index is 11.9. The molecule has 0 bridgehead atoms. The van der Waals surface area contributed by atoms with Gasteiger partial charge in [-0.25, -0.2) is 4.79 Å². The van der Waals surface area contributed by atoms with Gasteiger partial charge in [-0.1, -0.05) is 0 Å². The molecular weight excluding hydrogens is 286 g/mol. The third-order valence-electron chi connectivity index (χ3n) is 2.53. The van der Waals surface area contributed by atoms with E-state index in [4.69, 9.17) is 15.9 Å². The molecule has 0 aromatic heterocycles. The van der Waals surface area contributed by atoms with Gasteiger partial charge in [-0.3, -0.25) is 14.4 Å². The van der Waals surface area contributed by atoms with Crippen molar-refractivity contribution in [2.45, 2.75) is 38.0 Å². The lowest BCUT2D eigenvalue weighted by Gasteiger charge is -2.22. The van der Waals surface area contributed by atoms with Crippen LogP contribution < -0.4 is 16.4 Å². The molecule has 120 valence electrons. The normalized spacial score (nSPS) is 14.6. The zero-order chi connectivity index (χ0) is 16.6. The van der Waals surface area contributed by atoms with E-state index in [-0.39, 0.29) is 6.42 Å². The molecule has 10 nitrogen and oxygen atoms in total. The van der Waals surface area contributed by atoms with E-state index in [9.17, 15) is 24.3 Å². The Kier molecular flexibility index (Phi) is 7.94. The van der Waals surface area contributed by atoms with Gasteiger partial charge in [0.2, 0.25) is 11.8 Å². The molecule has 0 aromatic carbocycles. The lowest BCUT2D eigenvalue weighted by Crippen LogP contribution is -2.56. The summed E-state index contributed by atoms with van der Waals surface area (Å²) < 4.78 is 0. The zero-order valence-corrected chi connectivity index (χ0v) is 11.4. The molecule has 10 heteroatoms. The standard InChI is InChI=1S/C11H19N3O7/c1-5(15)9(14-7(16)4-12)10(19)13-6(11(20)21)2-3-8(17)18/h5-6,9,15H,2-4,12H2,1H3,(H,13,19)(H,14,16)(H,17,18)(H,20,21)/t5-,6+,9+/m1/s1. The number of aliphatic hydroxyl groups excluding tert-OH is 1. The first-order chi connectivity index (χ1) is 9.68. The SMILES string of the molecule is C[C@@H](O)[C@H](NC(=O)CN)C(=O)N[C@@H](CCC(=O)O)C(=O)O. The highest BCUT2D eigenvalue weighted by Gasteiger charge is 2.29. The zero-order valence-electron chi connectivity index (χ0n) is 11.4. The second-order valence-electron chi connectivity index (χ2n) is 4.32. The van der Waals surface area contributed by atoms with Gasteiger partial charge in [-0.2, -0.15) is 0 Å². The van der Waals surface area contributed by atoms with Crippen molar-refractivity contribution in [3.8, 4) is 0 Å². The van der Waals surface area contributed by atoms with Crippen LogP contribution in [0.4, 0.5) is 0 Å². The van der Waals surface area contributed by atoms with Crippen molar-refractivity contribution in [1.82, 2.24) is 10.6 Å². The molecule has 0 fully saturated rings.